The van der Waals surface area contributed by atoms with Gasteiger partial charge in [0.2, 0.25) is 0 Å². The molecule has 0 spiro atoms. The second-order valence-electron chi connectivity index (χ2n) is 3.56. The first-order chi connectivity index (χ1) is 7.42. The first kappa shape index (κ1) is 13.6. The summed E-state index contributed by atoms with van der Waals surface area (Å²) >= 11 is -1.54. The van der Waals surface area contributed by atoms with Crippen LogP contribution in [0.4, 0.5) is 0 Å². The van der Waals surface area contributed by atoms with E-state index in [1.807, 2.05) is 0 Å². The van der Waals surface area contributed by atoms with Crippen molar-refractivity contribution in [2.45, 2.75) is 11.4 Å². The third-order valence-corrected chi connectivity index (χ3v) is 10.5. The summed E-state index contributed by atoms with van der Waals surface area (Å²) in [6.07, 6.45) is 0. The maximum Gasteiger partial charge on any atom is -0.147 e. The van der Waals surface area contributed by atoms with Crippen LogP contribution in [0.2, 0.25) is 4.44 Å². The fourth-order valence-corrected chi connectivity index (χ4v) is 8.53. The van der Waals surface area contributed by atoms with Crippen LogP contribution in [0, 0.1) is 0 Å². The SMILES string of the molecule is C[CH2][Sn]([c]1ccccc1)[c]1ccccc1.Cl. The molecule has 0 saturated heterocycles. The summed E-state index contributed by atoms with van der Waals surface area (Å²) in [4.78, 5) is 0. The van der Waals surface area contributed by atoms with Gasteiger partial charge in [-0.15, -0.1) is 12.4 Å². The zero-order valence-electron chi connectivity index (χ0n) is 9.39. The molecule has 0 nitrogen and oxygen atoms in total. The molecule has 0 bridgehead atoms. The molecule has 83 valence electrons. The zero-order valence-corrected chi connectivity index (χ0v) is 13.1. The van der Waals surface area contributed by atoms with Crippen molar-refractivity contribution in [2.75, 3.05) is 0 Å². The summed E-state index contributed by atoms with van der Waals surface area (Å²) in [5, 5.41) is 0. The molecule has 16 heavy (non-hydrogen) atoms. The van der Waals surface area contributed by atoms with Gasteiger partial charge in [-0.1, -0.05) is 0 Å². The third-order valence-electron chi connectivity index (χ3n) is 2.60. The molecule has 0 fully saturated rings. The van der Waals surface area contributed by atoms with Gasteiger partial charge in [0, 0.05) is 0 Å². The van der Waals surface area contributed by atoms with Crippen molar-refractivity contribution in [3.05, 3.63) is 60.7 Å². The van der Waals surface area contributed by atoms with Gasteiger partial charge in [-0.25, -0.2) is 0 Å². The van der Waals surface area contributed by atoms with Crippen molar-refractivity contribution in [3.8, 4) is 0 Å². The average molecular weight is 338 g/mol. The van der Waals surface area contributed by atoms with Crippen molar-refractivity contribution in [1.82, 2.24) is 0 Å². The third kappa shape index (κ3) is 3.26. The molecule has 0 heterocycles. The Balaban J connectivity index is 0.00000128. The maximum atomic E-state index is 2.33. The quantitative estimate of drug-likeness (QED) is 0.755. The smallest absolute Gasteiger partial charge is 0.147 e. The number of hydrogen-bond donors (Lipinski definition) is 0. The largest absolute Gasteiger partial charge is 0.147 e. The van der Waals surface area contributed by atoms with Gasteiger partial charge in [0.1, 0.15) is 0 Å². The summed E-state index contributed by atoms with van der Waals surface area (Å²) in [7, 11) is 0. The molecule has 2 heteroatoms. The van der Waals surface area contributed by atoms with Gasteiger partial charge in [0.05, 0.1) is 0 Å². The number of hydrogen-bond acceptors (Lipinski definition) is 0. The molecular weight excluding hydrogens is 322 g/mol. The molecule has 0 aliphatic carbocycles. The maximum absolute atomic E-state index is 2.33. The van der Waals surface area contributed by atoms with Gasteiger partial charge in [0.25, 0.3) is 0 Å². The van der Waals surface area contributed by atoms with E-state index in [2.05, 4.69) is 67.6 Å². The Hall–Kier alpha value is -0.471. The van der Waals surface area contributed by atoms with Gasteiger partial charge in [0.15, 0.2) is 0 Å². The molecule has 2 aromatic carbocycles. The number of rotatable bonds is 3. The van der Waals surface area contributed by atoms with Crippen LogP contribution in [0.1, 0.15) is 6.92 Å². The fourth-order valence-electron chi connectivity index (χ4n) is 1.85. The zero-order chi connectivity index (χ0) is 10.5. The normalized spacial score (nSPS) is 9.88. The van der Waals surface area contributed by atoms with Crippen LogP contribution < -0.4 is 7.16 Å². The Labute approximate surface area is 111 Å². The van der Waals surface area contributed by atoms with Crippen LogP contribution in [-0.4, -0.2) is 19.8 Å². The van der Waals surface area contributed by atoms with Gasteiger partial charge < -0.3 is 0 Å². The van der Waals surface area contributed by atoms with Crippen molar-refractivity contribution < 1.29 is 0 Å². The molecule has 0 aromatic heterocycles. The minimum Gasteiger partial charge on any atom is -0.147 e. The molecule has 0 saturated carbocycles. The van der Waals surface area contributed by atoms with E-state index in [0.29, 0.717) is 0 Å². The van der Waals surface area contributed by atoms with E-state index in [-0.39, 0.29) is 12.4 Å². The van der Waals surface area contributed by atoms with Crippen LogP contribution >= 0.6 is 12.4 Å². The minimum atomic E-state index is -1.54. The predicted molar refractivity (Wildman–Crippen MR) is 75.6 cm³/mol. The first-order valence-corrected chi connectivity index (χ1v) is 10.3. The molecule has 2 rings (SSSR count). The van der Waals surface area contributed by atoms with Gasteiger partial charge in [-0.05, 0) is 0 Å². The van der Waals surface area contributed by atoms with E-state index in [4.69, 9.17) is 0 Å². The van der Waals surface area contributed by atoms with Crippen molar-refractivity contribution >= 4 is 39.3 Å². The van der Waals surface area contributed by atoms with Gasteiger partial charge in [-0.3, -0.25) is 0 Å². The molecule has 0 aliphatic rings. The number of benzene rings is 2. The monoisotopic (exact) mass is 339 g/mol. The van der Waals surface area contributed by atoms with Crippen molar-refractivity contribution in [2.24, 2.45) is 0 Å². The molecule has 0 N–H and O–H groups in total. The molecular formula is C14H16ClSn. The summed E-state index contributed by atoms with van der Waals surface area (Å²) in [5.41, 5.74) is 0. The average Bonchev–Trinajstić information content (AvgIpc) is 2.33. The molecule has 0 aliphatic heterocycles. The molecule has 1 radical (unpaired) electrons. The van der Waals surface area contributed by atoms with Crippen molar-refractivity contribution in [3.63, 3.8) is 0 Å². The minimum absolute atomic E-state index is 0. The molecule has 0 amide bonds. The Morgan fingerprint density at radius 3 is 1.44 bits per heavy atom. The molecule has 0 atom stereocenters. The Morgan fingerprint density at radius 2 is 1.12 bits per heavy atom. The summed E-state index contributed by atoms with van der Waals surface area (Å²) in [5.74, 6) is 0. The predicted octanol–water partition coefficient (Wildman–Crippen LogP) is 2.74. The molecule has 0 unspecified atom stereocenters. The topological polar surface area (TPSA) is 0 Å². The summed E-state index contributed by atoms with van der Waals surface area (Å²) in [6.45, 7) is 2.33. The van der Waals surface area contributed by atoms with E-state index >= 15 is 0 Å². The summed E-state index contributed by atoms with van der Waals surface area (Å²) < 4.78 is 4.55. The first-order valence-electron chi connectivity index (χ1n) is 5.38. The van der Waals surface area contributed by atoms with E-state index in [1.165, 1.54) is 4.44 Å². The van der Waals surface area contributed by atoms with Crippen LogP contribution in [0.15, 0.2) is 60.7 Å². The van der Waals surface area contributed by atoms with Crippen LogP contribution in [0.3, 0.4) is 0 Å². The fraction of sp³-hybridized carbons (Fsp3) is 0.143. The Morgan fingerprint density at radius 1 is 0.750 bits per heavy atom. The Kier molecular flexibility index (Phi) is 5.92. The van der Waals surface area contributed by atoms with Crippen LogP contribution in [0.5, 0.6) is 0 Å². The summed E-state index contributed by atoms with van der Waals surface area (Å²) in [6, 6.07) is 22.0. The van der Waals surface area contributed by atoms with E-state index in [0.717, 1.165) is 0 Å². The second kappa shape index (κ2) is 6.97. The molecule has 2 aromatic rings. The van der Waals surface area contributed by atoms with Crippen LogP contribution in [0.25, 0.3) is 0 Å². The van der Waals surface area contributed by atoms with E-state index in [1.54, 1.807) is 7.16 Å². The van der Waals surface area contributed by atoms with E-state index < -0.39 is 19.8 Å². The van der Waals surface area contributed by atoms with Gasteiger partial charge in [-0.2, -0.15) is 0 Å². The second-order valence-corrected chi connectivity index (χ2v) is 11.6. The van der Waals surface area contributed by atoms with Gasteiger partial charge >= 0.3 is 98.9 Å². The van der Waals surface area contributed by atoms with Crippen LogP contribution in [-0.2, 0) is 0 Å². The Bertz CT molecular complexity index is 360. The van der Waals surface area contributed by atoms with Crippen molar-refractivity contribution in [1.29, 1.82) is 0 Å². The van der Waals surface area contributed by atoms with E-state index in [9.17, 15) is 0 Å². The number of halogens is 1. The standard InChI is InChI=1S/2C6H5.C2H5.ClH.Sn/c2*1-2-4-6-5-3-1;1-2;;/h2*1-5H;1H2,2H3;1H;.